The summed E-state index contributed by atoms with van der Waals surface area (Å²) in [7, 11) is 0. The van der Waals surface area contributed by atoms with E-state index in [4.69, 9.17) is 0 Å². The number of amides is 3. The molecular formula is C21H23N3O3. The van der Waals surface area contributed by atoms with Gasteiger partial charge in [0, 0.05) is 30.0 Å². The molecule has 0 saturated carbocycles. The van der Waals surface area contributed by atoms with Crippen molar-refractivity contribution in [1.29, 1.82) is 0 Å². The molecule has 3 amide bonds. The van der Waals surface area contributed by atoms with Gasteiger partial charge in [-0.2, -0.15) is 0 Å². The Labute approximate surface area is 158 Å². The molecule has 27 heavy (non-hydrogen) atoms. The van der Waals surface area contributed by atoms with Crippen LogP contribution < -0.4 is 15.5 Å². The Bertz CT molecular complexity index is 859. The average molecular weight is 365 g/mol. The van der Waals surface area contributed by atoms with Crippen LogP contribution in [0.1, 0.15) is 38.2 Å². The van der Waals surface area contributed by atoms with E-state index in [1.165, 1.54) is 0 Å². The Kier molecular flexibility index (Phi) is 5.54. The molecule has 2 N–H and O–H groups in total. The van der Waals surface area contributed by atoms with Gasteiger partial charge in [0.25, 0.3) is 0 Å². The van der Waals surface area contributed by atoms with Gasteiger partial charge < -0.3 is 15.5 Å². The maximum Gasteiger partial charge on any atom is 0.314 e. The molecule has 0 aliphatic carbocycles. The van der Waals surface area contributed by atoms with Crippen LogP contribution in [0.15, 0.2) is 48.5 Å². The van der Waals surface area contributed by atoms with E-state index in [2.05, 4.69) is 24.5 Å². The van der Waals surface area contributed by atoms with Crippen LogP contribution in [0.5, 0.6) is 0 Å². The highest BCUT2D eigenvalue weighted by Gasteiger charge is 2.22. The smallest absolute Gasteiger partial charge is 0.314 e. The van der Waals surface area contributed by atoms with Gasteiger partial charge in [-0.25, -0.2) is 0 Å². The van der Waals surface area contributed by atoms with E-state index >= 15 is 0 Å². The molecule has 6 nitrogen and oxygen atoms in total. The van der Waals surface area contributed by atoms with E-state index in [9.17, 15) is 14.4 Å². The van der Waals surface area contributed by atoms with Crippen molar-refractivity contribution in [2.24, 2.45) is 0 Å². The van der Waals surface area contributed by atoms with Gasteiger partial charge >= 0.3 is 11.8 Å². The Morgan fingerprint density at radius 1 is 0.963 bits per heavy atom. The number of hydrogen-bond donors (Lipinski definition) is 2. The molecule has 3 rings (SSSR count). The van der Waals surface area contributed by atoms with Gasteiger partial charge in [-0.15, -0.1) is 0 Å². The lowest BCUT2D eigenvalue weighted by Gasteiger charge is -2.16. The van der Waals surface area contributed by atoms with Gasteiger partial charge in [0.05, 0.1) is 0 Å². The molecule has 2 aromatic rings. The van der Waals surface area contributed by atoms with E-state index in [1.807, 2.05) is 18.2 Å². The highest BCUT2D eigenvalue weighted by molar-refractivity contribution is 6.43. The van der Waals surface area contributed by atoms with E-state index in [1.54, 1.807) is 35.2 Å². The maximum absolute atomic E-state index is 12.2. The molecule has 0 atom stereocenters. The van der Waals surface area contributed by atoms with E-state index in [-0.39, 0.29) is 5.91 Å². The highest BCUT2D eigenvalue weighted by Crippen LogP contribution is 2.24. The topological polar surface area (TPSA) is 78.5 Å². The summed E-state index contributed by atoms with van der Waals surface area (Å²) in [5.74, 6) is -1.03. The van der Waals surface area contributed by atoms with Gasteiger partial charge in [-0.1, -0.05) is 32.0 Å². The fourth-order valence-electron chi connectivity index (χ4n) is 3.00. The largest absolute Gasteiger partial charge is 0.318 e. The number of carbonyl (C=O) groups excluding carboxylic acids is 3. The highest BCUT2D eigenvalue weighted by atomic mass is 16.2. The molecule has 0 spiro atoms. The summed E-state index contributed by atoms with van der Waals surface area (Å²) in [5, 5.41) is 5.17. The lowest BCUT2D eigenvalue weighted by molar-refractivity contribution is -0.132. The predicted molar refractivity (Wildman–Crippen MR) is 106 cm³/mol. The van der Waals surface area contributed by atoms with Gasteiger partial charge in [-0.3, -0.25) is 14.4 Å². The first-order valence-corrected chi connectivity index (χ1v) is 9.07. The van der Waals surface area contributed by atoms with Gasteiger partial charge in [0.15, 0.2) is 0 Å². The standard InChI is InChI=1S/C21H23N3O3/c1-14(2)15-8-10-16(11-9-15)22-20(26)21(27)23-17-5-3-6-18(13-17)24-12-4-7-19(24)25/h3,5-6,8-11,13-14H,4,7,12H2,1-2H3,(H,22,26)(H,23,27). The van der Waals surface area contributed by atoms with Gasteiger partial charge in [-0.05, 0) is 48.2 Å². The SMILES string of the molecule is CC(C)c1ccc(NC(=O)C(=O)Nc2cccc(N3CCCC3=O)c2)cc1. The molecule has 140 valence electrons. The number of benzene rings is 2. The maximum atomic E-state index is 12.2. The average Bonchev–Trinajstić information content (AvgIpc) is 3.08. The van der Waals surface area contributed by atoms with Gasteiger partial charge in [0.1, 0.15) is 0 Å². The third kappa shape index (κ3) is 4.53. The van der Waals surface area contributed by atoms with E-state index < -0.39 is 11.8 Å². The van der Waals surface area contributed by atoms with Crippen LogP contribution in [0.2, 0.25) is 0 Å². The zero-order valence-electron chi connectivity index (χ0n) is 15.5. The first-order valence-electron chi connectivity index (χ1n) is 9.07. The van der Waals surface area contributed by atoms with Crippen molar-refractivity contribution in [2.45, 2.75) is 32.6 Å². The van der Waals surface area contributed by atoms with Crippen molar-refractivity contribution < 1.29 is 14.4 Å². The van der Waals surface area contributed by atoms with Crippen molar-refractivity contribution >= 4 is 34.8 Å². The Balaban J connectivity index is 1.62. The monoisotopic (exact) mass is 365 g/mol. The summed E-state index contributed by atoms with van der Waals surface area (Å²) < 4.78 is 0. The summed E-state index contributed by atoms with van der Waals surface area (Å²) in [4.78, 5) is 37.9. The van der Waals surface area contributed by atoms with Crippen LogP contribution in [0.4, 0.5) is 17.1 Å². The Morgan fingerprint density at radius 3 is 2.22 bits per heavy atom. The molecule has 6 heteroatoms. The quantitative estimate of drug-likeness (QED) is 0.814. The van der Waals surface area contributed by atoms with Crippen molar-refractivity contribution in [3.05, 3.63) is 54.1 Å². The summed E-state index contributed by atoms with van der Waals surface area (Å²) in [6, 6.07) is 14.4. The predicted octanol–water partition coefficient (Wildman–Crippen LogP) is 3.51. The normalized spacial score (nSPS) is 13.7. The molecule has 1 aliphatic rings. The first-order chi connectivity index (χ1) is 12.9. The third-order valence-corrected chi connectivity index (χ3v) is 4.53. The van der Waals surface area contributed by atoms with Crippen molar-refractivity contribution in [3.8, 4) is 0 Å². The molecule has 1 saturated heterocycles. The fraction of sp³-hybridized carbons (Fsp3) is 0.286. The van der Waals surface area contributed by atoms with Crippen LogP contribution >= 0.6 is 0 Å². The summed E-state index contributed by atoms with van der Waals surface area (Å²) in [6.45, 7) is 4.85. The van der Waals surface area contributed by atoms with E-state index in [0.717, 1.165) is 17.7 Å². The summed E-state index contributed by atoms with van der Waals surface area (Å²) >= 11 is 0. The van der Waals surface area contributed by atoms with Crippen LogP contribution in [0.25, 0.3) is 0 Å². The Hall–Kier alpha value is -3.15. The third-order valence-electron chi connectivity index (χ3n) is 4.53. The van der Waals surface area contributed by atoms with Crippen molar-refractivity contribution in [2.75, 3.05) is 22.1 Å². The summed E-state index contributed by atoms with van der Waals surface area (Å²) in [6.07, 6.45) is 1.36. The minimum Gasteiger partial charge on any atom is -0.318 e. The lowest BCUT2D eigenvalue weighted by Crippen LogP contribution is -2.29. The molecule has 0 aromatic heterocycles. The van der Waals surface area contributed by atoms with Crippen LogP contribution in [-0.4, -0.2) is 24.3 Å². The second kappa shape index (κ2) is 8.03. The van der Waals surface area contributed by atoms with Crippen molar-refractivity contribution in [3.63, 3.8) is 0 Å². The lowest BCUT2D eigenvalue weighted by atomic mass is 10.0. The first kappa shape index (κ1) is 18.6. The number of rotatable bonds is 4. The van der Waals surface area contributed by atoms with Crippen LogP contribution in [-0.2, 0) is 14.4 Å². The zero-order valence-corrected chi connectivity index (χ0v) is 15.5. The van der Waals surface area contributed by atoms with Crippen LogP contribution in [0, 0.1) is 0 Å². The second-order valence-corrected chi connectivity index (χ2v) is 6.88. The molecule has 2 aromatic carbocycles. The molecular weight excluding hydrogens is 342 g/mol. The van der Waals surface area contributed by atoms with Crippen molar-refractivity contribution in [1.82, 2.24) is 0 Å². The number of anilines is 3. The van der Waals surface area contributed by atoms with E-state index in [0.29, 0.717) is 30.3 Å². The number of nitrogens with zero attached hydrogens (tertiary/aromatic N) is 1. The second-order valence-electron chi connectivity index (χ2n) is 6.88. The Morgan fingerprint density at radius 2 is 1.63 bits per heavy atom. The number of carbonyl (C=O) groups is 3. The number of nitrogens with one attached hydrogen (secondary N) is 2. The molecule has 0 radical (unpaired) electrons. The molecule has 1 aliphatic heterocycles. The molecule has 1 fully saturated rings. The fourth-order valence-corrected chi connectivity index (χ4v) is 3.00. The number of hydrogen-bond acceptors (Lipinski definition) is 3. The minimum absolute atomic E-state index is 0.0704. The van der Waals surface area contributed by atoms with Crippen LogP contribution in [0.3, 0.4) is 0 Å². The molecule has 1 heterocycles. The molecule has 0 unspecified atom stereocenters. The summed E-state index contributed by atoms with van der Waals surface area (Å²) in [5.41, 5.74) is 2.92. The minimum atomic E-state index is -0.757. The zero-order chi connectivity index (χ0) is 19.4. The van der Waals surface area contributed by atoms with Gasteiger partial charge in [0.2, 0.25) is 5.91 Å². The molecule has 0 bridgehead atoms.